The van der Waals surface area contributed by atoms with Crippen molar-refractivity contribution in [1.82, 2.24) is 9.78 Å². The molecule has 3 aliphatic rings. The number of rotatable bonds is 3. The smallest absolute Gasteiger partial charge is 0.240 e. The molecule has 1 aromatic carbocycles. The predicted molar refractivity (Wildman–Crippen MR) is 105 cm³/mol. The van der Waals surface area contributed by atoms with Crippen LogP contribution in [-0.2, 0) is 20.9 Å². The van der Waals surface area contributed by atoms with Crippen molar-refractivity contribution in [3.63, 3.8) is 0 Å². The number of halogens is 2. The highest BCUT2D eigenvalue weighted by Gasteiger charge is 2.63. The predicted octanol–water partition coefficient (Wildman–Crippen LogP) is 3.52. The minimum Gasteiger partial charge on any atom is -0.373 e. The van der Waals surface area contributed by atoms with Crippen molar-refractivity contribution in [3.8, 4) is 0 Å². The van der Waals surface area contributed by atoms with Crippen LogP contribution in [0.4, 0.5) is 5.69 Å². The van der Waals surface area contributed by atoms with Gasteiger partial charge in [0.2, 0.25) is 11.8 Å². The molecule has 3 fully saturated rings. The van der Waals surface area contributed by atoms with E-state index >= 15 is 0 Å². The summed E-state index contributed by atoms with van der Waals surface area (Å²) in [6.07, 6.45) is 1.45. The van der Waals surface area contributed by atoms with E-state index in [0.29, 0.717) is 28.0 Å². The molecule has 3 saturated heterocycles. The standard InChI is InChI=1S/C20H19Cl2N3O3/c1-9-18(10(2)24(23-9)8-11-3-4-12(21)7-13(11)22)25-19(26)16-14-5-6-15(28-14)17(16)20(25)27/h3-4,7,14-17H,5-6,8H2,1-2H3/t14-,15+,16-,17-/m0/s1. The highest BCUT2D eigenvalue weighted by molar-refractivity contribution is 6.35. The van der Waals surface area contributed by atoms with Gasteiger partial charge in [0.1, 0.15) is 0 Å². The van der Waals surface area contributed by atoms with Gasteiger partial charge < -0.3 is 4.74 Å². The number of aryl methyl sites for hydroxylation is 1. The fourth-order valence-corrected chi connectivity index (χ4v) is 5.38. The van der Waals surface area contributed by atoms with Crippen LogP contribution in [0.1, 0.15) is 29.8 Å². The molecule has 0 N–H and O–H groups in total. The maximum absolute atomic E-state index is 13.1. The normalized spacial score (nSPS) is 28.5. The zero-order valence-electron chi connectivity index (χ0n) is 15.5. The molecule has 2 bridgehead atoms. The van der Waals surface area contributed by atoms with Gasteiger partial charge in [0.05, 0.1) is 47.7 Å². The lowest BCUT2D eigenvalue weighted by molar-refractivity contribution is -0.124. The second kappa shape index (κ2) is 6.31. The first kappa shape index (κ1) is 18.2. The number of benzene rings is 1. The minimum atomic E-state index is -0.348. The van der Waals surface area contributed by atoms with Gasteiger partial charge in [-0.05, 0) is 44.4 Å². The van der Waals surface area contributed by atoms with Gasteiger partial charge in [-0.1, -0.05) is 29.3 Å². The van der Waals surface area contributed by atoms with Crippen molar-refractivity contribution >= 4 is 40.7 Å². The van der Waals surface area contributed by atoms with Crippen LogP contribution >= 0.6 is 23.2 Å². The number of nitrogens with zero attached hydrogens (tertiary/aromatic N) is 3. The zero-order chi connectivity index (χ0) is 19.7. The van der Waals surface area contributed by atoms with Gasteiger partial charge in [0.25, 0.3) is 0 Å². The van der Waals surface area contributed by atoms with E-state index in [1.165, 1.54) is 4.90 Å². The van der Waals surface area contributed by atoms with Crippen LogP contribution in [0, 0.1) is 25.7 Å². The first-order valence-corrected chi connectivity index (χ1v) is 10.1. The summed E-state index contributed by atoms with van der Waals surface area (Å²) in [6, 6.07) is 5.32. The van der Waals surface area contributed by atoms with Gasteiger partial charge in [0.15, 0.2) is 0 Å². The van der Waals surface area contributed by atoms with E-state index in [-0.39, 0.29) is 35.9 Å². The molecular formula is C20H19Cl2N3O3. The number of hydrogen-bond donors (Lipinski definition) is 0. The van der Waals surface area contributed by atoms with Crippen LogP contribution in [-0.4, -0.2) is 33.8 Å². The third kappa shape index (κ3) is 2.48. The third-order valence-electron chi connectivity index (χ3n) is 6.19. The number of fused-ring (bicyclic) bond motifs is 5. The first-order valence-electron chi connectivity index (χ1n) is 9.38. The van der Waals surface area contributed by atoms with Gasteiger partial charge in [-0.2, -0.15) is 5.10 Å². The summed E-state index contributed by atoms with van der Waals surface area (Å²) in [7, 11) is 0. The maximum atomic E-state index is 13.1. The van der Waals surface area contributed by atoms with Crippen molar-refractivity contribution in [3.05, 3.63) is 45.2 Å². The van der Waals surface area contributed by atoms with Crippen molar-refractivity contribution in [2.75, 3.05) is 4.90 Å². The van der Waals surface area contributed by atoms with E-state index in [0.717, 1.165) is 24.1 Å². The number of hydrogen-bond acceptors (Lipinski definition) is 4. The molecule has 0 saturated carbocycles. The molecule has 6 nitrogen and oxygen atoms in total. The van der Waals surface area contributed by atoms with Crippen LogP contribution < -0.4 is 4.90 Å². The summed E-state index contributed by atoms with van der Waals surface area (Å²) in [6.45, 7) is 4.13. The highest BCUT2D eigenvalue weighted by Crippen LogP contribution is 2.50. The van der Waals surface area contributed by atoms with E-state index in [2.05, 4.69) is 5.10 Å². The van der Waals surface area contributed by atoms with Crippen LogP contribution in [0.3, 0.4) is 0 Å². The van der Waals surface area contributed by atoms with E-state index in [4.69, 9.17) is 27.9 Å². The molecular weight excluding hydrogens is 401 g/mol. The molecule has 0 unspecified atom stereocenters. The minimum absolute atomic E-state index is 0.125. The van der Waals surface area contributed by atoms with Crippen molar-refractivity contribution in [2.24, 2.45) is 11.8 Å². The van der Waals surface area contributed by atoms with Crippen LogP contribution in [0.25, 0.3) is 0 Å². The van der Waals surface area contributed by atoms with E-state index in [1.807, 2.05) is 19.9 Å². The third-order valence-corrected chi connectivity index (χ3v) is 6.77. The van der Waals surface area contributed by atoms with Crippen LogP contribution in [0.2, 0.25) is 10.0 Å². The lowest BCUT2D eigenvalue weighted by Crippen LogP contribution is -2.35. The van der Waals surface area contributed by atoms with Crippen molar-refractivity contribution in [1.29, 1.82) is 0 Å². The fourth-order valence-electron chi connectivity index (χ4n) is 4.91. The number of imide groups is 1. The molecule has 4 atom stereocenters. The Morgan fingerprint density at radius 3 is 2.36 bits per heavy atom. The molecule has 0 radical (unpaired) electrons. The Balaban J connectivity index is 1.50. The van der Waals surface area contributed by atoms with Gasteiger partial charge in [-0.3, -0.25) is 14.3 Å². The van der Waals surface area contributed by atoms with E-state index < -0.39 is 0 Å². The molecule has 1 aromatic heterocycles. The second-order valence-electron chi connectivity index (χ2n) is 7.77. The monoisotopic (exact) mass is 419 g/mol. The Morgan fingerprint density at radius 1 is 1.11 bits per heavy atom. The summed E-state index contributed by atoms with van der Waals surface area (Å²) in [5.41, 5.74) is 2.87. The largest absolute Gasteiger partial charge is 0.373 e. The Labute approximate surface area is 172 Å². The number of anilines is 1. The van der Waals surface area contributed by atoms with Gasteiger partial charge in [-0.15, -0.1) is 0 Å². The van der Waals surface area contributed by atoms with Gasteiger partial charge >= 0.3 is 0 Å². The summed E-state index contributed by atoms with van der Waals surface area (Å²) in [5, 5.41) is 5.70. The first-order chi connectivity index (χ1) is 13.4. The molecule has 0 spiro atoms. The molecule has 0 aliphatic carbocycles. The second-order valence-corrected chi connectivity index (χ2v) is 8.61. The van der Waals surface area contributed by atoms with Gasteiger partial charge in [-0.25, -0.2) is 4.90 Å². The molecule has 2 amide bonds. The quantitative estimate of drug-likeness (QED) is 0.713. The average molecular weight is 420 g/mol. The highest BCUT2D eigenvalue weighted by atomic mass is 35.5. The zero-order valence-corrected chi connectivity index (χ0v) is 17.0. The number of amides is 2. The number of carbonyl (C=O) groups excluding carboxylic acids is 2. The van der Waals surface area contributed by atoms with Crippen LogP contribution in [0.15, 0.2) is 18.2 Å². The SMILES string of the molecule is Cc1nn(Cc2ccc(Cl)cc2Cl)c(C)c1N1C(=O)[C@@H]2[C@@H](C1=O)[C@H]1CC[C@@H]2O1. The maximum Gasteiger partial charge on any atom is 0.240 e. The van der Waals surface area contributed by atoms with Crippen molar-refractivity contribution in [2.45, 2.75) is 45.4 Å². The molecule has 2 aromatic rings. The molecule has 8 heteroatoms. The fraction of sp³-hybridized carbons (Fsp3) is 0.450. The van der Waals surface area contributed by atoms with E-state index in [9.17, 15) is 9.59 Å². The molecule has 28 heavy (non-hydrogen) atoms. The topological polar surface area (TPSA) is 64.4 Å². The summed E-state index contributed by atoms with van der Waals surface area (Å²) < 4.78 is 7.59. The average Bonchev–Trinajstić information content (AvgIpc) is 3.37. The molecule has 146 valence electrons. The summed E-state index contributed by atoms with van der Waals surface area (Å²) in [5.74, 6) is -1.01. The van der Waals surface area contributed by atoms with E-state index in [1.54, 1.807) is 16.8 Å². The van der Waals surface area contributed by atoms with Crippen LogP contribution in [0.5, 0.6) is 0 Å². The lowest BCUT2D eigenvalue weighted by atomic mass is 9.81. The summed E-state index contributed by atoms with van der Waals surface area (Å²) in [4.78, 5) is 27.6. The van der Waals surface area contributed by atoms with Gasteiger partial charge in [0, 0.05) is 10.0 Å². The number of ether oxygens (including phenoxy) is 1. The number of carbonyl (C=O) groups is 2. The molecule has 3 aliphatic heterocycles. The Kier molecular flexibility index (Phi) is 4.09. The Hall–Kier alpha value is -1.89. The number of aromatic nitrogens is 2. The summed E-state index contributed by atoms with van der Waals surface area (Å²) >= 11 is 12.3. The van der Waals surface area contributed by atoms with Crippen molar-refractivity contribution < 1.29 is 14.3 Å². The molecule has 5 rings (SSSR count). The molecule has 4 heterocycles. The Bertz CT molecular complexity index is 990. The Morgan fingerprint density at radius 2 is 1.75 bits per heavy atom. The lowest BCUT2D eigenvalue weighted by Gasteiger charge is -2.18.